The summed E-state index contributed by atoms with van der Waals surface area (Å²) in [6.07, 6.45) is 4.58. The highest BCUT2D eigenvalue weighted by molar-refractivity contribution is 5.75. The molecule has 0 radical (unpaired) electrons. The Morgan fingerprint density at radius 1 is 1.38 bits per heavy atom. The molecule has 0 heterocycles. The smallest absolute Gasteiger partial charge is 0.309 e. The second-order valence-electron chi connectivity index (χ2n) is 5.18. The zero-order chi connectivity index (χ0) is 10.1. The molecule has 1 atom stereocenters. The quantitative estimate of drug-likeness (QED) is 0.732. The Kier molecular flexibility index (Phi) is 2.69. The van der Waals surface area contributed by atoms with Crippen molar-refractivity contribution in [1.82, 2.24) is 0 Å². The van der Waals surface area contributed by atoms with Crippen molar-refractivity contribution in [3.05, 3.63) is 0 Å². The summed E-state index contributed by atoms with van der Waals surface area (Å²) in [5.41, 5.74) is -0.175. The molecule has 1 fully saturated rings. The van der Waals surface area contributed by atoms with E-state index in [-0.39, 0.29) is 5.41 Å². The van der Waals surface area contributed by atoms with Gasteiger partial charge in [0.05, 0.1) is 5.41 Å². The summed E-state index contributed by atoms with van der Waals surface area (Å²) in [5.74, 6) is -0.583. The van der Waals surface area contributed by atoms with Crippen LogP contribution in [0.1, 0.15) is 52.9 Å². The third-order valence-corrected chi connectivity index (χ3v) is 3.28. The highest BCUT2D eigenvalue weighted by atomic mass is 16.4. The molecule has 1 N–H and O–H groups in total. The van der Waals surface area contributed by atoms with Crippen LogP contribution in [0.25, 0.3) is 0 Å². The Balaban J connectivity index is 2.77. The fraction of sp³-hybridized carbons (Fsp3) is 0.909. The Labute approximate surface area is 80.3 Å². The molecule has 1 rings (SSSR count). The summed E-state index contributed by atoms with van der Waals surface area (Å²) in [4.78, 5) is 11.2. The molecule has 0 aliphatic heterocycles. The maximum Gasteiger partial charge on any atom is 0.309 e. The Hall–Kier alpha value is -0.530. The fourth-order valence-electron chi connectivity index (χ4n) is 2.65. The minimum Gasteiger partial charge on any atom is -0.481 e. The molecule has 76 valence electrons. The normalized spacial score (nSPS) is 31.9. The first-order chi connectivity index (χ1) is 5.92. The second-order valence-corrected chi connectivity index (χ2v) is 5.18. The van der Waals surface area contributed by atoms with Gasteiger partial charge in [0.2, 0.25) is 0 Å². The average molecular weight is 184 g/mol. The van der Waals surface area contributed by atoms with E-state index in [9.17, 15) is 9.90 Å². The minimum absolute atomic E-state index is 0.230. The van der Waals surface area contributed by atoms with Crippen LogP contribution < -0.4 is 0 Å². The highest BCUT2D eigenvalue weighted by Crippen LogP contribution is 2.51. The van der Waals surface area contributed by atoms with Crippen molar-refractivity contribution in [2.45, 2.75) is 52.9 Å². The minimum atomic E-state index is -0.583. The number of hydrogen-bond acceptors (Lipinski definition) is 1. The molecule has 2 nitrogen and oxygen atoms in total. The van der Waals surface area contributed by atoms with Crippen LogP contribution in [-0.2, 0) is 4.79 Å². The molecule has 0 bridgehead atoms. The van der Waals surface area contributed by atoms with E-state index in [0.717, 1.165) is 32.1 Å². The number of aliphatic carboxylic acids is 1. The van der Waals surface area contributed by atoms with Gasteiger partial charge in [-0.25, -0.2) is 0 Å². The van der Waals surface area contributed by atoms with E-state index in [0.29, 0.717) is 0 Å². The number of rotatable bonds is 3. The van der Waals surface area contributed by atoms with Crippen molar-refractivity contribution in [2.24, 2.45) is 10.8 Å². The number of carboxylic acids is 1. The number of hydrogen-bond donors (Lipinski definition) is 1. The largest absolute Gasteiger partial charge is 0.481 e. The Bertz CT molecular complexity index is 208. The van der Waals surface area contributed by atoms with Crippen LogP contribution in [0.15, 0.2) is 0 Å². The highest BCUT2D eigenvalue weighted by Gasteiger charge is 2.47. The molecule has 0 saturated heterocycles. The topological polar surface area (TPSA) is 37.3 Å². The van der Waals surface area contributed by atoms with Crippen molar-refractivity contribution in [3.8, 4) is 0 Å². The molecule has 1 saturated carbocycles. The van der Waals surface area contributed by atoms with Gasteiger partial charge >= 0.3 is 5.97 Å². The van der Waals surface area contributed by atoms with Gasteiger partial charge in [-0.15, -0.1) is 0 Å². The second kappa shape index (κ2) is 3.32. The van der Waals surface area contributed by atoms with Gasteiger partial charge in [-0.3, -0.25) is 4.79 Å². The van der Waals surface area contributed by atoms with Gasteiger partial charge in [0.15, 0.2) is 0 Å². The van der Waals surface area contributed by atoms with Crippen molar-refractivity contribution in [1.29, 1.82) is 0 Å². The number of carboxylic acid groups (broad SMARTS) is 1. The molecule has 13 heavy (non-hydrogen) atoms. The van der Waals surface area contributed by atoms with E-state index in [2.05, 4.69) is 20.8 Å². The zero-order valence-corrected chi connectivity index (χ0v) is 8.89. The Morgan fingerprint density at radius 2 is 2.00 bits per heavy atom. The molecule has 1 aliphatic carbocycles. The van der Waals surface area contributed by atoms with Crippen LogP contribution in [0.3, 0.4) is 0 Å². The van der Waals surface area contributed by atoms with Gasteiger partial charge in [0.1, 0.15) is 0 Å². The van der Waals surface area contributed by atoms with Crippen LogP contribution in [-0.4, -0.2) is 11.1 Å². The summed E-state index contributed by atoms with van der Waals surface area (Å²) in [7, 11) is 0. The van der Waals surface area contributed by atoms with Gasteiger partial charge in [-0.05, 0) is 31.1 Å². The first kappa shape index (κ1) is 10.6. The van der Waals surface area contributed by atoms with Crippen LogP contribution in [0.4, 0.5) is 0 Å². The van der Waals surface area contributed by atoms with Crippen molar-refractivity contribution in [3.63, 3.8) is 0 Å². The van der Waals surface area contributed by atoms with Gasteiger partial charge in [-0.1, -0.05) is 27.2 Å². The lowest BCUT2D eigenvalue weighted by molar-refractivity contribution is -0.149. The predicted octanol–water partition coefficient (Wildman–Crippen LogP) is 3.07. The van der Waals surface area contributed by atoms with Gasteiger partial charge in [-0.2, -0.15) is 0 Å². The van der Waals surface area contributed by atoms with Crippen molar-refractivity contribution < 1.29 is 9.90 Å². The monoisotopic (exact) mass is 184 g/mol. The first-order valence-electron chi connectivity index (χ1n) is 5.15. The third kappa shape index (κ3) is 2.04. The lowest BCUT2D eigenvalue weighted by Crippen LogP contribution is -2.29. The van der Waals surface area contributed by atoms with Crippen LogP contribution in [0, 0.1) is 10.8 Å². The Morgan fingerprint density at radius 3 is 2.31 bits per heavy atom. The molecular weight excluding hydrogens is 164 g/mol. The molecule has 1 aliphatic rings. The standard InChI is InChI=1S/C11H20O2/c1-4-5-11(9(12)13)7-6-10(2,3)8-11/h4-8H2,1-3H3,(H,12,13). The maximum absolute atomic E-state index is 11.2. The van der Waals surface area contributed by atoms with E-state index in [1.165, 1.54) is 0 Å². The van der Waals surface area contributed by atoms with Gasteiger partial charge in [0, 0.05) is 0 Å². The summed E-state index contributed by atoms with van der Waals surface area (Å²) in [6, 6.07) is 0. The van der Waals surface area contributed by atoms with Crippen LogP contribution in [0.2, 0.25) is 0 Å². The molecule has 0 amide bonds. The summed E-state index contributed by atoms with van der Waals surface area (Å²) in [5, 5.41) is 9.23. The summed E-state index contributed by atoms with van der Waals surface area (Å²) >= 11 is 0. The maximum atomic E-state index is 11.2. The van der Waals surface area contributed by atoms with E-state index in [4.69, 9.17) is 0 Å². The van der Waals surface area contributed by atoms with Crippen LogP contribution in [0.5, 0.6) is 0 Å². The molecule has 0 aromatic heterocycles. The van der Waals surface area contributed by atoms with Gasteiger partial charge < -0.3 is 5.11 Å². The first-order valence-corrected chi connectivity index (χ1v) is 5.15. The zero-order valence-electron chi connectivity index (χ0n) is 8.89. The SMILES string of the molecule is CCCC1(C(=O)O)CCC(C)(C)C1. The molecular formula is C11H20O2. The van der Waals surface area contributed by atoms with E-state index in [1.807, 2.05) is 0 Å². The lowest BCUT2D eigenvalue weighted by Gasteiger charge is -2.25. The van der Waals surface area contributed by atoms with Crippen molar-refractivity contribution >= 4 is 5.97 Å². The van der Waals surface area contributed by atoms with E-state index >= 15 is 0 Å². The summed E-state index contributed by atoms with van der Waals surface area (Å²) < 4.78 is 0. The average Bonchev–Trinajstić information content (AvgIpc) is 2.28. The molecule has 0 aromatic carbocycles. The molecule has 2 heteroatoms. The van der Waals surface area contributed by atoms with E-state index in [1.54, 1.807) is 0 Å². The lowest BCUT2D eigenvalue weighted by atomic mass is 9.78. The predicted molar refractivity (Wildman–Crippen MR) is 52.6 cm³/mol. The third-order valence-electron chi connectivity index (χ3n) is 3.28. The molecule has 1 unspecified atom stereocenters. The van der Waals surface area contributed by atoms with Crippen molar-refractivity contribution in [2.75, 3.05) is 0 Å². The fourth-order valence-corrected chi connectivity index (χ4v) is 2.65. The molecule has 0 aromatic rings. The van der Waals surface area contributed by atoms with E-state index < -0.39 is 11.4 Å². The molecule has 0 spiro atoms. The van der Waals surface area contributed by atoms with Crippen LogP contribution >= 0.6 is 0 Å². The summed E-state index contributed by atoms with van der Waals surface area (Å²) in [6.45, 7) is 6.41. The number of carbonyl (C=O) groups is 1. The van der Waals surface area contributed by atoms with Gasteiger partial charge in [0.25, 0.3) is 0 Å².